The second-order valence-corrected chi connectivity index (χ2v) is 3.81. The van der Waals surface area contributed by atoms with Crippen LogP contribution in [-0.4, -0.2) is 19.3 Å². The third-order valence-corrected chi connectivity index (χ3v) is 2.33. The molecule has 3 heteroatoms. The highest BCUT2D eigenvalue weighted by atomic mass is 16.5. The molecule has 16 heavy (non-hydrogen) atoms. The van der Waals surface area contributed by atoms with Crippen LogP contribution in [0, 0.1) is 0 Å². The summed E-state index contributed by atoms with van der Waals surface area (Å²) in [4.78, 5) is 0. The summed E-state index contributed by atoms with van der Waals surface area (Å²) < 4.78 is 10.3. The molecule has 0 spiro atoms. The van der Waals surface area contributed by atoms with E-state index in [1.807, 2.05) is 19.9 Å². The molecular formula is C13H18O3. The molecule has 0 unspecified atom stereocenters. The van der Waals surface area contributed by atoms with E-state index in [4.69, 9.17) is 9.47 Å². The Hall–Kier alpha value is -1.64. The summed E-state index contributed by atoms with van der Waals surface area (Å²) in [6, 6.07) is 3.37. The molecule has 0 heterocycles. The number of ether oxygens (including phenoxy) is 2. The Morgan fingerprint density at radius 1 is 1.25 bits per heavy atom. The van der Waals surface area contributed by atoms with Gasteiger partial charge in [-0.3, -0.25) is 0 Å². The van der Waals surface area contributed by atoms with Crippen molar-refractivity contribution in [1.82, 2.24) is 0 Å². The molecule has 88 valence electrons. The Bertz CT molecular complexity index is 390. The van der Waals surface area contributed by atoms with Gasteiger partial charge in [0, 0.05) is 17.7 Å². The van der Waals surface area contributed by atoms with Gasteiger partial charge < -0.3 is 14.6 Å². The van der Waals surface area contributed by atoms with Gasteiger partial charge in [0.15, 0.2) is 0 Å². The standard InChI is InChI=1S/C13H18O3/c1-9(2)5-6-11-12(14)7-10(15-3)8-13(11)16-4/h5,7-8,14H,6H2,1-4H3. The average Bonchev–Trinajstić information content (AvgIpc) is 2.26. The molecule has 0 amide bonds. The maximum atomic E-state index is 9.86. The van der Waals surface area contributed by atoms with Gasteiger partial charge in [0.1, 0.15) is 17.2 Å². The first kappa shape index (κ1) is 12.4. The number of hydrogen-bond acceptors (Lipinski definition) is 3. The molecule has 0 bridgehead atoms. The van der Waals surface area contributed by atoms with E-state index >= 15 is 0 Å². The maximum absolute atomic E-state index is 9.86. The molecule has 0 saturated heterocycles. The first-order chi connectivity index (χ1) is 7.58. The van der Waals surface area contributed by atoms with Crippen LogP contribution in [0.4, 0.5) is 0 Å². The number of phenols is 1. The third-order valence-electron chi connectivity index (χ3n) is 2.33. The van der Waals surface area contributed by atoms with Crippen LogP contribution < -0.4 is 9.47 Å². The molecule has 0 saturated carbocycles. The minimum Gasteiger partial charge on any atom is -0.507 e. The Kier molecular flexibility index (Phi) is 4.23. The zero-order chi connectivity index (χ0) is 12.1. The van der Waals surface area contributed by atoms with Gasteiger partial charge in [-0.05, 0) is 20.3 Å². The number of phenolic OH excluding ortho intramolecular Hbond substituents is 1. The zero-order valence-corrected chi connectivity index (χ0v) is 10.2. The molecule has 1 N–H and O–H groups in total. The molecule has 3 nitrogen and oxygen atoms in total. The first-order valence-corrected chi connectivity index (χ1v) is 5.15. The highest BCUT2D eigenvalue weighted by Crippen LogP contribution is 2.33. The fraction of sp³-hybridized carbons (Fsp3) is 0.385. The molecule has 0 aliphatic rings. The second-order valence-electron chi connectivity index (χ2n) is 3.81. The van der Waals surface area contributed by atoms with Crippen LogP contribution in [0.2, 0.25) is 0 Å². The number of aromatic hydroxyl groups is 1. The van der Waals surface area contributed by atoms with Crippen molar-refractivity contribution in [3.63, 3.8) is 0 Å². The average molecular weight is 222 g/mol. The van der Waals surface area contributed by atoms with E-state index in [2.05, 4.69) is 0 Å². The number of benzene rings is 1. The van der Waals surface area contributed by atoms with Crippen molar-refractivity contribution in [3.8, 4) is 17.2 Å². The lowest BCUT2D eigenvalue weighted by atomic mass is 10.1. The molecule has 0 radical (unpaired) electrons. The van der Waals surface area contributed by atoms with E-state index in [9.17, 15) is 5.11 Å². The third kappa shape index (κ3) is 2.92. The number of allylic oxidation sites excluding steroid dienone is 2. The van der Waals surface area contributed by atoms with E-state index in [0.29, 0.717) is 17.9 Å². The maximum Gasteiger partial charge on any atom is 0.129 e. The predicted molar refractivity (Wildman–Crippen MR) is 64.3 cm³/mol. The van der Waals surface area contributed by atoms with Gasteiger partial charge in [0.2, 0.25) is 0 Å². The summed E-state index contributed by atoms with van der Waals surface area (Å²) in [5.74, 6) is 1.44. The normalized spacial score (nSPS) is 9.75. The molecular weight excluding hydrogens is 204 g/mol. The fourth-order valence-corrected chi connectivity index (χ4v) is 1.42. The summed E-state index contributed by atoms with van der Waals surface area (Å²) >= 11 is 0. The summed E-state index contributed by atoms with van der Waals surface area (Å²) in [6.07, 6.45) is 2.70. The largest absolute Gasteiger partial charge is 0.507 e. The lowest BCUT2D eigenvalue weighted by Crippen LogP contribution is -1.94. The highest BCUT2D eigenvalue weighted by Gasteiger charge is 2.10. The van der Waals surface area contributed by atoms with Gasteiger partial charge in [0.05, 0.1) is 14.2 Å². The monoisotopic (exact) mass is 222 g/mol. The zero-order valence-electron chi connectivity index (χ0n) is 10.2. The van der Waals surface area contributed by atoms with Gasteiger partial charge in [-0.1, -0.05) is 11.6 Å². The Balaban J connectivity index is 3.11. The fourth-order valence-electron chi connectivity index (χ4n) is 1.42. The van der Waals surface area contributed by atoms with Crippen LogP contribution in [-0.2, 0) is 6.42 Å². The molecule has 0 aromatic heterocycles. The number of hydrogen-bond donors (Lipinski definition) is 1. The Labute approximate surface area is 96.3 Å². The van der Waals surface area contributed by atoms with Crippen LogP contribution in [0.1, 0.15) is 19.4 Å². The summed E-state index contributed by atoms with van der Waals surface area (Å²) in [5, 5.41) is 9.86. The van der Waals surface area contributed by atoms with Crippen molar-refractivity contribution >= 4 is 0 Å². The van der Waals surface area contributed by atoms with Crippen molar-refractivity contribution in [2.75, 3.05) is 14.2 Å². The van der Waals surface area contributed by atoms with Gasteiger partial charge >= 0.3 is 0 Å². The van der Waals surface area contributed by atoms with E-state index in [-0.39, 0.29) is 5.75 Å². The summed E-state index contributed by atoms with van der Waals surface area (Å²) in [5.41, 5.74) is 1.99. The van der Waals surface area contributed by atoms with Crippen LogP contribution in [0.3, 0.4) is 0 Å². The van der Waals surface area contributed by atoms with Crippen LogP contribution in [0.25, 0.3) is 0 Å². The molecule has 0 aliphatic carbocycles. The van der Waals surface area contributed by atoms with Crippen LogP contribution in [0.5, 0.6) is 17.2 Å². The van der Waals surface area contributed by atoms with Crippen LogP contribution >= 0.6 is 0 Å². The molecule has 0 fully saturated rings. The SMILES string of the molecule is COc1cc(O)c(CC=C(C)C)c(OC)c1. The minimum absolute atomic E-state index is 0.203. The predicted octanol–water partition coefficient (Wildman–Crippen LogP) is 2.92. The summed E-state index contributed by atoms with van der Waals surface area (Å²) in [6.45, 7) is 4.04. The molecule has 1 aromatic carbocycles. The smallest absolute Gasteiger partial charge is 0.129 e. The second kappa shape index (κ2) is 5.45. The number of rotatable bonds is 4. The van der Waals surface area contributed by atoms with Gasteiger partial charge in [-0.25, -0.2) is 0 Å². The topological polar surface area (TPSA) is 38.7 Å². The number of methoxy groups -OCH3 is 2. The molecule has 0 aliphatic heterocycles. The van der Waals surface area contributed by atoms with E-state index in [0.717, 1.165) is 5.56 Å². The first-order valence-electron chi connectivity index (χ1n) is 5.15. The Morgan fingerprint density at radius 3 is 2.44 bits per heavy atom. The van der Waals surface area contributed by atoms with Crippen molar-refractivity contribution in [2.24, 2.45) is 0 Å². The highest BCUT2D eigenvalue weighted by molar-refractivity contribution is 5.50. The Morgan fingerprint density at radius 2 is 1.94 bits per heavy atom. The van der Waals surface area contributed by atoms with Crippen molar-refractivity contribution in [2.45, 2.75) is 20.3 Å². The van der Waals surface area contributed by atoms with E-state index in [1.165, 1.54) is 5.57 Å². The van der Waals surface area contributed by atoms with Crippen molar-refractivity contribution in [3.05, 3.63) is 29.3 Å². The lowest BCUT2D eigenvalue weighted by molar-refractivity contribution is 0.380. The minimum atomic E-state index is 0.203. The molecule has 1 aromatic rings. The van der Waals surface area contributed by atoms with E-state index in [1.54, 1.807) is 26.4 Å². The molecule has 0 atom stereocenters. The summed E-state index contributed by atoms with van der Waals surface area (Å²) in [7, 11) is 3.14. The van der Waals surface area contributed by atoms with E-state index < -0.39 is 0 Å². The quantitative estimate of drug-likeness (QED) is 0.796. The molecule has 1 rings (SSSR count). The van der Waals surface area contributed by atoms with Crippen LogP contribution in [0.15, 0.2) is 23.8 Å². The van der Waals surface area contributed by atoms with Gasteiger partial charge in [0.25, 0.3) is 0 Å². The lowest BCUT2D eigenvalue weighted by Gasteiger charge is -2.11. The van der Waals surface area contributed by atoms with Gasteiger partial charge in [-0.15, -0.1) is 0 Å². The van der Waals surface area contributed by atoms with Crippen molar-refractivity contribution in [1.29, 1.82) is 0 Å². The van der Waals surface area contributed by atoms with Crippen molar-refractivity contribution < 1.29 is 14.6 Å². The van der Waals surface area contributed by atoms with Gasteiger partial charge in [-0.2, -0.15) is 0 Å².